The van der Waals surface area contributed by atoms with E-state index in [1.807, 2.05) is 0 Å². The zero-order chi connectivity index (χ0) is 29.9. The van der Waals surface area contributed by atoms with E-state index < -0.39 is 16.6 Å². The van der Waals surface area contributed by atoms with E-state index in [0.29, 0.717) is 18.4 Å². The molecule has 4 rings (SSSR count). The van der Waals surface area contributed by atoms with Gasteiger partial charge in [-0.2, -0.15) is 0 Å². The normalized spacial score (nSPS) is 35.6. The fraction of sp³-hybridized carbons (Fsp3) is 0.853. The average molecular weight is 589 g/mol. The Labute approximate surface area is 248 Å². The quantitative estimate of drug-likeness (QED) is 0.169. The Morgan fingerprint density at radius 3 is 2.20 bits per heavy atom. The molecule has 0 saturated heterocycles. The van der Waals surface area contributed by atoms with Gasteiger partial charge in [0, 0.05) is 12.3 Å². The second kappa shape index (κ2) is 11.2. The second-order valence-electron chi connectivity index (χ2n) is 16.9. The first-order valence-electron chi connectivity index (χ1n) is 16.2. The molecule has 1 heterocycles. The lowest BCUT2D eigenvalue weighted by atomic mass is 9.61. The van der Waals surface area contributed by atoms with E-state index >= 15 is 0 Å². The van der Waals surface area contributed by atoms with Crippen LogP contribution in [0.25, 0.3) is 0 Å². The fourth-order valence-electron chi connectivity index (χ4n) is 7.73. The molecule has 40 heavy (non-hydrogen) atoms. The topological polar surface area (TPSA) is 44.8 Å². The van der Waals surface area contributed by atoms with Crippen molar-refractivity contribution < 1.29 is 18.4 Å². The van der Waals surface area contributed by atoms with Crippen LogP contribution in [0.1, 0.15) is 100 Å². The first kappa shape index (κ1) is 32.4. The Balaban J connectivity index is 1.65. The Kier molecular flexibility index (Phi) is 9.06. The number of carbonyl (C=O) groups excluding carboxylic acids is 1. The molecule has 0 radical (unpaired) electrons. The molecule has 0 aromatic rings. The predicted octanol–water partition coefficient (Wildman–Crippen LogP) is 9.23. The molecule has 3 aliphatic carbocycles. The second-order valence-corrected chi connectivity index (χ2v) is 26.4. The summed E-state index contributed by atoms with van der Waals surface area (Å²) in [4.78, 5) is 11.8. The van der Waals surface area contributed by atoms with Gasteiger partial charge in [0.15, 0.2) is 16.6 Å². The number of fused-ring (bicyclic) bond motifs is 1. The Hall–Kier alpha value is -0.536. The highest BCUT2D eigenvalue weighted by molar-refractivity contribution is 6.74. The summed E-state index contributed by atoms with van der Waals surface area (Å²) in [5.41, 5.74) is 4.66. The first-order valence-corrected chi connectivity index (χ1v) is 22.0. The van der Waals surface area contributed by atoms with Gasteiger partial charge >= 0.3 is 0 Å². The van der Waals surface area contributed by atoms with Crippen LogP contribution < -0.4 is 0 Å². The van der Waals surface area contributed by atoms with Gasteiger partial charge in [-0.15, -0.1) is 0 Å². The molecule has 7 atom stereocenters. The summed E-state index contributed by atoms with van der Waals surface area (Å²) in [7, 11) is -3.90. The lowest BCUT2D eigenvalue weighted by molar-refractivity contribution is -0.113. The highest BCUT2D eigenvalue weighted by Crippen LogP contribution is 2.59. The van der Waals surface area contributed by atoms with Crippen molar-refractivity contribution in [2.24, 2.45) is 23.2 Å². The standard InChI is InChI=1S/C34H60O4Si2/c1-23(21-35)28-15-16-29-24(14-13-17-34(28,29)8)18-30-26-19-25(37-39(9,10)32(2,3)4)20-31(27(26)22-36-30)38-40(11,12)33(5,6)7/h18,21,23,25,28-31H,13-17,19-20,22H2,1-12H3/b24-18+/t23-,25-,28-,29+,30?,31+,34-/m1/s1. The van der Waals surface area contributed by atoms with Gasteiger partial charge in [0.2, 0.25) is 0 Å². The van der Waals surface area contributed by atoms with E-state index in [4.69, 9.17) is 13.6 Å². The van der Waals surface area contributed by atoms with Crippen LogP contribution in [0.5, 0.6) is 0 Å². The number of hydrogen-bond donors (Lipinski definition) is 0. The van der Waals surface area contributed by atoms with Crippen molar-refractivity contribution in [3.05, 3.63) is 22.8 Å². The van der Waals surface area contributed by atoms with Crippen molar-refractivity contribution in [1.82, 2.24) is 0 Å². The Bertz CT molecular complexity index is 1010. The summed E-state index contributed by atoms with van der Waals surface area (Å²) in [6.45, 7) is 28.8. The molecule has 0 amide bonds. The number of aldehydes is 1. The van der Waals surface area contributed by atoms with Crippen molar-refractivity contribution in [3.8, 4) is 0 Å². The molecule has 4 nitrogen and oxygen atoms in total. The summed E-state index contributed by atoms with van der Waals surface area (Å²) < 4.78 is 20.9. The van der Waals surface area contributed by atoms with Gasteiger partial charge in [-0.25, -0.2) is 0 Å². The van der Waals surface area contributed by atoms with Crippen molar-refractivity contribution in [3.63, 3.8) is 0 Å². The molecule has 2 saturated carbocycles. The summed E-state index contributed by atoms with van der Waals surface area (Å²) in [5.74, 6) is 1.22. The summed E-state index contributed by atoms with van der Waals surface area (Å²) in [6.07, 6.45) is 11.9. The molecule has 0 bridgehead atoms. The smallest absolute Gasteiger partial charge is 0.192 e. The van der Waals surface area contributed by atoms with Gasteiger partial charge in [0.25, 0.3) is 0 Å². The van der Waals surface area contributed by atoms with Crippen molar-refractivity contribution >= 4 is 22.9 Å². The van der Waals surface area contributed by atoms with Crippen LogP contribution in [-0.2, 0) is 18.4 Å². The van der Waals surface area contributed by atoms with Crippen LogP contribution in [0.4, 0.5) is 0 Å². The van der Waals surface area contributed by atoms with Crippen LogP contribution in [-0.4, -0.2) is 47.8 Å². The summed E-state index contributed by atoms with van der Waals surface area (Å²) in [6, 6.07) is 0. The third-order valence-corrected chi connectivity index (χ3v) is 21.3. The van der Waals surface area contributed by atoms with Gasteiger partial charge in [-0.05, 0) is 103 Å². The monoisotopic (exact) mass is 588 g/mol. The Morgan fingerprint density at radius 1 is 0.975 bits per heavy atom. The van der Waals surface area contributed by atoms with Crippen LogP contribution >= 0.6 is 0 Å². The fourth-order valence-corrected chi connectivity index (χ4v) is 10.4. The summed E-state index contributed by atoms with van der Waals surface area (Å²) in [5, 5.41) is 0.335. The molecule has 0 aromatic carbocycles. The van der Waals surface area contributed by atoms with Gasteiger partial charge in [0.05, 0.1) is 24.9 Å². The number of rotatable bonds is 7. The third kappa shape index (κ3) is 6.09. The van der Waals surface area contributed by atoms with Gasteiger partial charge in [-0.3, -0.25) is 0 Å². The molecule has 0 spiro atoms. The van der Waals surface area contributed by atoms with E-state index in [0.717, 1.165) is 12.8 Å². The SMILES string of the molecule is C[C@H](C=O)[C@H]1CC[C@H]2/C(=C/C3OCC4=C3C[C@@H](O[Si](C)(C)C(C)(C)C)C[C@@H]4O[Si](C)(C)C(C)(C)C)CCC[C@]12C. The molecule has 6 heteroatoms. The van der Waals surface area contributed by atoms with Crippen LogP contribution in [0.2, 0.25) is 36.3 Å². The van der Waals surface area contributed by atoms with E-state index in [1.54, 1.807) is 5.57 Å². The number of hydrogen-bond acceptors (Lipinski definition) is 4. The van der Waals surface area contributed by atoms with Crippen molar-refractivity contribution in [1.29, 1.82) is 0 Å². The largest absolute Gasteiger partial charge is 0.414 e. The maximum atomic E-state index is 11.8. The zero-order valence-corrected chi connectivity index (χ0v) is 29.9. The lowest BCUT2D eigenvalue weighted by Gasteiger charge is -2.45. The highest BCUT2D eigenvalue weighted by atomic mass is 28.4. The van der Waals surface area contributed by atoms with E-state index in [9.17, 15) is 4.79 Å². The minimum absolute atomic E-state index is 0.0335. The molecular weight excluding hydrogens is 529 g/mol. The number of ether oxygens (including phenoxy) is 1. The van der Waals surface area contributed by atoms with Gasteiger partial charge < -0.3 is 18.4 Å². The molecule has 0 N–H and O–H groups in total. The zero-order valence-electron chi connectivity index (χ0n) is 27.9. The van der Waals surface area contributed by atoms with Gasteiger partial charge in [-0.1, -0.05) is 67.0 Å². The maximum absolute atomic E-state index is 11.8. The lowest BCUT2D eigenvalue weighted by Crippen LogP contribution is -2.49. The minimum atomic E-state index is -1.97. The predicted molar refractivity (Wildman–Crippen MR) is 172 cm³/mol. The molecule has 1 aliphatic heterocycles. The molecule has 1 unspecified atom stereocenters. The van der Waals surface area contributed by atoms with Gasteiger partial charge in [0.1, 0.15) is 6.29 Å². The summed E-state index contributed by atoms with van der Waals surface area (Å²) >= 11 is 0. The van der Waals surface area contributed by atoms with Crippen molar-refractivity contribution in [2.45, 2.75) is 155 Å². The van der Waals surface area contributed by atoms with Crippen LogP contribution in [0.3, 0.4) is 0 Å². The van der Waals surface area contributed by atoms with Crippen LogP contribution in [0.15, 0.2) is 22.8 Å². The molecule has 4 aliphatic rings. The minimum Gasteiger partial charge on any atom is -0.414 e. The Morgan fingerprint density at radius 2 is 1.60 bits per heavy atom. The first-order chi connectivity index (χ1) is 18.3. The van der Waals surface area contributed by atoms with Crippen molar-refractivity contribution in [2.75, 3.05) is 6.61 Å². The number of carbonyl (C=O) groups is 1. The number of allylic oxidation sites excluding steroid dienone is 1. The van der Waals surface area contributed by atoms with E-state index in [1.165, 1.54) is 49.5 Å². The highest BCUT2D eigenvalue weighted by Gasteiger charge is 2.52. The average Bonchev–Trinajstić information content (AvgIpc) is 3.38. The molecule has 0 aromatic heterocycles. The maximum Gasteiger partial charge on any atom is 0.192 e. The third-order valence-electron chi connectivity index (χ3n) is 12.3. The van der Waals surface area contributed by atoms with E-state index in [2.05, 4.69) is 87.7 Å². The molecule has 2 fully saturated rings. The van der Waals surface area contributed by atoms with E-state index in [-0.39, 0.29) is 39.7 Å². The van der Waals surface area contributed by atoms with Crippen LogP contribution in [0, 0.1) is 23.2 Å². The molecular formula is C34H60O4Si2. The molecule has 228 valence electrons.